The first-order chi connectivity index (χ1) is 12.1. The number of hydrogen-bond acceptors (Lipinski definition) is 5. The first-order valence-electron chi connectivity index (χ1n) is 8.50. The van der Waals surface area contributed by atoms with E-state index in [-0.39, 0.29) is 5.91 Å². The minimum atomic E-state index is -0.0917. The van der Waals surface area contributed by atoms with Crippen molar-refractivity contribution in [2.75, 3.05) is 36.4 Å². The maximum Gasteiger partial charge on any atom is 0.251 e. The van der Waals surface area contributed by atoms with Gasteiger partial charge in [0.05, 0.1) is 0 Å². The van der Waals surface area contributed by atoms with E-state index in [0.29, 0.717) is 24.6 Å². The van der Waals surface area contributed by atoms with Gasteiger partial charge in [0, 0.05) is 48.0 Å². The minimum Gasteiger partial charge on any atom is -0.356 e. The summed E-state index contributed by atoms with van der Waals surface area (Å²) in [6.07, 6.45) is 2.43. The van der Waals surface area contributed by atoms with Crippen LogP contribution in [0.2, 0.25) is 0 Å². The van der Waals surface area contributed by atoms with Crippen molar-refractivity contribution < 1.29 is 4.79 Å². The standard InChI is InChI=1S/C18H22BrN5O/c1-13-11-16(24-9-2-3-10-24)23-18(22-13)21-8-7-20-17(25)14-5-4-6-15(19)12-14/h4-6,11-12H,2-3,7-10H2,1H3,(H,20,25)(H,21,22,23). The average Bonchev–Trinajstić information content (AvgIpc) is 3.13. The second-order valence-corrected chi connectivity index (χ2v) is 6.99. The minimum absolute atomic E-state index is 0.0917. The summed E-state index contributed by atoms with van der Waals surface area (Å²) in [6.45, 7) is 5.16. The third-order valence-electron chi connectivity index (χ3n) is 4.05. The lowest BCUT2D eigenvalue weighted by molar-refractivity contribution is 0.0955. The van der Waals surface area contributed by atoms with E-state index in [1.807, 2.05) is 25.1 Å². The maximum absolute atomic E-state index is 12.1. The number of carbonyl (C=O) groups excluding carboxylic acids is 1. The first kappa shape index (κ1) is 17.7. The highest BCUT2D eigenvalue weighted by atomic mass is 79.9. The zero-order chi connectivity index (χ0) is 17.6. The van der Waals surface area contributed by atoms with Crippen LogP contribution in [0.5, 0.6) is 0 Å². The molecule has 2 aromatic rings. The second-order valence-electron chi connectivity index (χ2n) is 6.08. The molecule has 2 heterocycles. The number of anilines is 2. The van der Waals surface area contributed by atoms with Gasteiger partial charge < -0.3 is 15.5 Å². The Morgan fingerprint density at radius 3 is 2.76 bits per heavy atom. The molecule has 1 aliphatic rings. The Bertz CT molecular complexity index is 746. The Balaban J connectivity index is 1.51. The predicted molar refractivity (Wildman–Crippen MR) is 103 cm³/mol. The third kappa shape index (κ3) is 4.92. The molecule has 7 heteroatoms. The number of rotatable bonds is 6. The number of nitrogens with zero attached hydrogens (tertiary/aromatic N) is 3. The Morgan fingerprint density at radius 1 is 1.20 bits per heavy atom. The molecule has 25 heavy (non-hydrogen) atoms. The van der Waals surface area contributed by atoms with Gasteiger partial charge in [0.15, 0.2) is 0 Å². The fourth-order valence-corrected chi connectivity index (χ4v) is 3.22. The molecule has 1 amide bonds. The zero-order valence-corrected chi connectivity index (χ0v) is 15.8. The van der Waals surface area contributed by atoms with Gasteiger partial charge in [-0.3, -0.25) is 4.79 Å². The summed E-state index contributed by atoms with van der Waals surface area (Å²) in [6, 6.07) is 9.35. The quantitative estimate of drug-likeness (QED) is 0.725. The molecule has 0 bridgehead atoms. The third-order valence-corrected chi connectivity index (χ3v) is 4.54. The van der Waals surface area contributed by atoms with Crippen molar-refractivity contribution in [1.29, 1.82) is 0 Å². The summed E-state index contributed by atoms with van der Waals surface area (Å²) in [5, 5.41) is 6.09. The smallest absolute Gasteiger partial charge is 0.251 e. The molecule has 1 aromatic heterocycles. The van der Waals surface area contributed by atoms with Gasteiger partial charge in [-0.15, -0.1) is 0 Å². The molecule has 1 saturated heterocycles. The van der Waals surface area contributed by atoms with Crippen molar-refractivity contribution in [1.82, 2.24) is 15.3 Å². The molecule has 1 aliphatic heterocycles. The van der Waals surface area contributed by atoms with Crippen molar-refractivity contribution in [2.45, 2.75) is 19.8 Å². The van der Waals surface area contributed by atoms with Crippen molar-refractivity contribution in [3.8, 4) is 0 Å². The Labute approximate surface area is 156 Å². The van der Waals surface area contributed by atoms with E-state index in [0.717, 1.165) is 29.1 Å². The Kier molecular flexibility index (Phi) is 5.86. The molecule has 0 saturated carbocycles. The van der Waals surface area contributed by atoms with Crippen LogP contribution < -0.4 is 15.5 Å². The van der Waals surface area contributed by atoms with E-state index in [4.69, 9.17) is 0 Å². The van der Waals surface area contributed by atoms with Crippen molar-refractivity contribution in [2.24, 2.45) is 0 Å². The molecule has 0 atom stereocenters. The van der Waals surface area contributed by atoms with Gasteiger partial charge in [-0.05, 0) is 38.0 Å². The number of carbonyl (C=O) groups is 1. The number of nitrogens with one attached hydrogen (secondary N) is 2. The fraction of sp³-hybridized carbons (Fsp3) is 0.389. The fourth-order valence-electron chi connectivity index (χ4n) is 2.82. The molecule has 1 aromatic carbocycles. The van der Waals surface area contributed by atoms with E-state index in [2.05, 4.69) is 41.4 Å². The van der Waals surface area contributed by atoms with E-state index >= 15 is 0 Å². The van der Waals surface area contributed by atoms with Crippen LogP contribution in [0.1, 0.15) is 28.9 Å². The lowest BCUT2D eigenvalue weighted by Gasteiger charge is -2.17. The molecule has 6 nitrogen and oxygen atoms in total. The second kappa shape index (κ2) is 8.29. The van der Waals surface area contributed by atoms with Gasteiger partial charge in [-0.2, -0.15) is 4.98 Å². The molecule has 0 radical (unpaired) electrons. The first-order valence-corrected chi connectivity index (χ1v) is 9.29. The van der Waals surface area contributed by atoms with Crippen LogP contribution in [0.3, 0.4) is 0 Å². The van der Waals surface area contributed by atoms with E-state index < -0.39 is 0 Å². The van der Waals surface area contributed by atoms with Crippen LogP contribution >= 0.6 is 15.9 Å². The molecule has 132 valence electrons. The molecule has 3 rings (SSSR count). The Hall–Kier alpha value is -2.15. The Morgan fingerprint density at radius 2 is 2.00 bits per heavy atom. The van der Waals surface area contributed by atoms with E-state index in [1.54, 1.807) is 12.1 Å². The van der Waals surface area contributed by atoms with Gasteiger partial charge >= 0.3 is 0 Å². The number of amides is 1. The number of benzene rings is 1. The van der Waals surface area contributed by atoms with Crippen molar-refractivity contribution in [3.63, 3.8) is 0 Å². The normalized spacial score (nSPS) is 13.8. The van der Waals surface area contributed by atoms with Crippen LogP contribution in [0.4, 0.5) is 11.8 Å². The lowest BCUT2D eigenvalue weighted by Crippen LogP contribution is -2.29. The van der Waals surface area contributed by atoms with Gasteiger partial charge in [0.1, 0.15) is 5.82 Å². The monoisotopic (exact) mass is 403 g/mol. The van der Waals surface area contributed by atoms with E-state index in [9.17, 15) is 4.79 Å². The van der Waals surface area contributed by atoms with Crippen LogP contribution in [-0.4, -0.2) is 42.1 Å². The highest BCUT2D eigenvalue weighted by Crippen LogP contribution is 2.19. The van der Waals surface area contributed by atoms with Gasteiger partial charge in [0.2, 0.25) is 5.95 Å². The summed E-state index contributed by atoms with van der Waals surface area (Å²) in [5.41, 5.74) is 1.58. The van der Waals surface area contributed by atoms with Crippen LogP contribution in [-0.2, 0) is 0 Å². The summed E-state index contributed by atoms with van der Waals surface area (Å²) in [7, 11) is 0. The lowest BCUT2D eigenvalue weighted by atomic mass is 10.2. The topological polar surface area (TPSA) is 70.2 Å². The molecular formula is C18H22BrN5O. The zero-order valence-electron chi connectivity index (χ0n) is 14.3. The highest BCUT2D eigenvalue weighted by Gasteiger charge is 2.15. The molecule has 0 aliphatic carbocycles. The highest BCUT2D eigenvalue weighted by molar-refractivity contribution is 9.10. The van der Waals surface area contributed by atoms with E-state index in [1.165, 1.54) is 12.8 Å². The maximum atomic E-state index is 12.1. The summed E-state index contributed by atoms with van der Waals surface area (Å²) in [5.74, 6) is 1.50. The van der Waals surface area contributed by atoms with Gasteiger partial charge in [-0.25, -0.2) is 4.98 Å². The average molecular weight is 404 g/mol. The van der Waals surface area contributed by atoms with Gasteiger partial charge in [0.25, 0.3) is 5.91 Å². The van der Waals surface area contributed by atoms with Crippen LogP contribution in [0, 0.1) is 6.92 Å². The number of aromatic nitrogens is 2. The number of aryl methyl sites for hydroxylation is 1. The number of hydrogen-bond donors (Lipinski definition) is 2. The summed E-state index contributed by atoms with van der Waals surface area (Å²) in [4.78, 5) is 23.4. The summed E-state index contributed by atoms with van der Waals surface area (Å²) >= 11 is 3.37. The molecule has 2 N–H and O–H groups in total. The molecule has 1 fully saturated rings. The molecular weight excluding hydrogens is 382 g/mol. The van der Waals surface area contributed by atoms with Crippen LogP contribution in [0.15, 0.2) is 34.8 Å². The number of halogens is 1. The van der Waals surface area contributed by atoms with Gasteiger partial charge in [-0.1, -0.05) is 22.0 Å². The van der Waals surface area contributed by atoms with Crippen molar-refractivity contribution in [3.05, 3.63) is 46.1 Å². The molecule has 0 spiro atoms. The SMILES string of the molecule is Cc1cc(N2CCCC2)nc(NCCNC(=O)c2cccc(Br)c2)n1. The molecule has 0 unspecified atom stereocenters. The summed E-state index contributed by atoms with van der Waals surface area (Å²) < 4.78 is 0.890. The largest absolute Gasteiger partial charge is 0.356 e. The van der Waals surface area contributed by atoms with Crippen LogP contribution in [0.25, 0.3) is 0 Å². The van der Waals surface area contributed by atoms with Crippen molar-refractivity contribution >= 4 is 33.6 Å². The predicted octanol–water partition coefficient (Wildman–Crippen LogP) is 2.99.